The molecule has 0 spiro atoms. The minimum absolute atomic E-state index is 0.114. The number of hydrogen-bond donors (Lipinski definition) is 3. The van der Waals surface area contributed by atoms with E-state index in [1.165, 1.54) is 0 Å². The third kappa shape index (κ3) is 5.21. The Morgan fingerprint density at radius 2 is 1.89 bits per heavy atom. The van der Waals surface area contributed by atoms with Crippen LogP contribution in [-0.2, 0) is 12.7 Å². The molecule has 5 rings (SSSR count). The molecular weight excluding hydrogens is 473 g/mol. The molecule has 1 aliphatic heterocycles. The Morgan fingerprint density at radius 3 is 2.61 bits per heavy atom. The van der Waals surface area contributed by atoms with Crippen LogP contribution in [-0.4, -0.2) is 55.3 Å². The SMILES string of the molecule is O=C(Nc1ccc(C(F)(F)F)nc1)c1n[nH]c2ccc(-c3cncc(CN4CCC(O)CC4)c3)cc12. The summed E-state index contributed by atoms with van der Waals surface area (Å²) in [5.74, 6) is -0.570. The van der Waals surface area contributed by atoms with Gasteiger partial charge in [0.05, 0.1) is 23.5 Å². The lowest BCUT2D eigenvalue weighted by Crippen LogP contribution is -2.35. The van der Waals surface area contributed by atoms with Crippen molar-refractivity contribution in [3.63, 3.8) is 0 Å². The molecule has 1 fully saturated rings. The van der Waals surface area contributed by atoms with Gasteiger partial charge in [-0.3, -0.25) is 19.8 Å². The molecule has 3 aromatic heterocycles. The van der Waals surface area contributed by atoms with Crippen LogP contribution in [0.3, 0.4) is 0 Å². The number of fused-ring (bicyclic) bond motifs is 1. The summed E-state index contributed by atoms with van der Waals surface area (Å²) in [6, 6.07) is 9.55. The van der Waals surface area contributed by atoms with E-state index in [0.29, 0.717) is 10.9 Å². The number of hydrogen-bond acceptors (Lipinski definition) is 6. The van der Waals surface area contributed by atoms with Crippen molar-refractivity contribution in [2.45, 2.75) is 31.7 Å². The molecule has 4 aromatic rings. The molecule has 1 aromatic carbocycles. The number of aromatic nitrogens is 4. The van der Waals surface area contributed by atoms with E-state index in [1.54, 1.807) is 6.20 Å². The fourth-order valence-electron chi connectivity index (χ4n) is 4.26. The molecule has 186 valence electrons. The first kappa shape index (κ1) is 23.9. The van der Waals surface area contributed by atoms with Crippen molar-refractivity contribution >= 4 is 22.5 Å². The first-order valence-corrected chi connectivity index (χ1v) is 11.4. The van der Waals surface area contributed by atoms with Gasteiger partial charge < -0.3 is 10.4 Å². The molecule has 0 unspecified atom stereocenters. The van der Waals surface area contributed by atoms with Crippen molar-refractivity contribution in [3.05, 3.63) is 71.9 Å². The van der Waals surface area contributed by atoms with E-state index < -0.39 is 17.8 Å². The maximum atomic E-state index is 12.8. The number of alkyl halides is 3. The van der Waals surface area contributed by atoms with Crippen LogP contribution in [0.1, 0.15) is 34.6 Å². The number of anilines is 1. The number of carbonyl (C=O) groups excluding carboxylic acids is 1. The van der Waals surface area contributed by atoms with Gasteiger partial charge in [-0.2, -0.15) is 18.3 Å². The number of nitrogens with one attached hydrogen (secondary N) is 2. The van der Waals surface area contributed by atoms with Gasteiger partial charge in [-0.05, 0) is 54.3 Å². The number of halogens is 3. The topological polar surface area (TPSA) is 107 Å². The van der Waals surface area contributed by atoms with Crippen molar-refractivity contribution in [1.29, 1.82) is 0 Å². The summed E-state index contributed by atoms with van der Waals surface area (Å²) in [7, 11) is 0. The van der Waals surface area contributed by atoms with Gasteiger partial charge in [0.1, 0.15) is 5.69 Å². The number of pyridine rings is 2. The van der Waals surface area contributed by atoms with Gasteiger partial charge in [-0.25, -0.2) is 4.98 Å². The molecule has 1 saturated heterocycles. The van der Waals surface area contributed by atoms with E-state index in [2.05, 4.69) is 30.4 Å². The molecule has 0 aliphatic carbocycles. The second kappa shape index (κ2) is 9.67. The van der Waals surface area contributed by atoms with Crippen LogP contribution in [0, 0.1) is 0 Å². The van der Waals surface area contributed by atoms with Crippen molar-refractivity contribution in [2.75, 3.05) is 18.4 Å². The number of carbonyl (C=O) groups is 1. The quantitative estimate of drug-likeness (QED) is 0.382. The first-order valence-electron chi connectivity index (χ1n) is 11.4. The highest BCUT2D eigenvalue weighted by Crippen LogP contribution is 2.29. The van der Waals surface area contributed by atoms with Crippen molar-refractivity contribution in [2.24, 2.45) is 0 Å². The van der Waals surface area contributed by atoms with E-state index in [1.807, 2.05) is 30.5 Å². The lowest BCUT2D eigenvalue weighted by atomic mass is 10.0. The van der Waals surface area contributed by atoms with E-state index in [-0.39, 0.29) is 17.5 Å². The second-order valence-electron chi connectivity index (χ2n) is 8.81. The molecule has 11 heteroatoms. The number of likely N-dealkylation sites (tertiary alicyclic amines) is 1. The van der Waals surface area contributed by atoms with Gasteiger partial charge in [-0.1, -0.05) is 6.07 Å². The number of piperidine rings is 1. The van der Waals surface area contributed by atoms with Crippen LogP contribution in [0.25, 0.3) is 22.0 Å². The highest BCUT2D eigenvalue weighted by Gasteiger charge is 2.32. The number of rotatable bonds is 5. The van der Waals surface area contributed by atoms with Crippen LogP contribution in [0.4, 0.5) is 18.9 Å². The van der Waals surface area contributed by atoms with Gasteiger partial charge in [0.25, 0.3) is 5.91 Å². The second-order valence-corrected chi connectivity index (χ2v) is 8.81. The Balaban J connectivity index is 1.35. The number of amides is 1. The predicted octanol–water partition coefficient (Wildman–Crippen LogP) is 4.25. The van der Waals surface area contributed by atoms with E-state index >= 15 is 0 Å². The summed E-state index contributed by atoms with van der Waals surface area (Å²) < 4.78 is 38.2. The molecule has 4 heterocycles. The summed E-state index contributed by atoms with van der Waals surface area (Å²) in [6.45, 7) is 2.40. The van der Waals surface area contributed by atoms with Crippen LogP contribution >= 0.6 is 0 Å². The van der Waals surface area contributed by atoms with Crippen molar-refractivity contribution in [1.82, 2.24) is 25.1 Å². The minimum Gasteiger partial charge on any atom is -0.393 e. The average molecular weight is 496 g/mol. The number of nitrogens with zero attached hydrogens (tertiary/aromatic N) is 4. The Kier molecular flexibility index (Phi) is 6.42. The van der Waals surface area contributed by atoms with E-state index in [4.69, 9.17) is 0 Å². The number of aliphatic hydroxyl groups is 1. The lowest BCUT2D eigenvalue weighted by molar-refractivity contribution is -0.141. The molecule has 8 nitrogen and oxygen atoms in total. The average Bonchev–Trinajstić information content (AvgIpc) is 3.29. The van der Waals surface area contributed by atoms with Crippen LogP contribution in [0.2, 0.25) is 0 Å². The molecule has 0 bridgehead atoms. The van der Waals surface area contributed by atoms with Gasteiger partial charge in [0.15, 0.2) is 5.69 Å². The molecule has 36 heavy (non-hydrogen) atoms. The Labute approximate surface area is 204 Å². The fraction of sp³-hybridized carbons (Fsp3) is 0.280. The maximum Gasteiger partial charge on any atom is 0.433 e. The third-order valence-corrected chi connectivity index (χ3v) is 6.18. The summed E-state index contributed by atoms with van der Waals surface area (Å²) >= 11 is 0. The maximum absolute atomic E-state index is 12.8. The Bertz CT molecular complexity index is 1380. The number of aromatic amines is 1. The van der Waals surface area contributed by atoms with Gasteiger partial charge in [0.2, 0.25) is 0 Å². The molecular formula is C25H23F3N6O2. The highest BCUT2D eigenvalue weighted by molar-refractivity contribution is 6.11. The third-order valence-electron chi connectivity index (χ3n) is 6.18. The Morgan fingerprint density at radius 1 is 1.08 bits per heavy atom. The monoisotopic (exact) mass is 496 g/mol. The van der Waals surface area contributed by atoms with Crippen LogP contribution in [0.15, 0.2) is 55.0 Å². The standard InChI is InChI=1S/C25H23F3N6O2/c26-25(27,28)22-4-2-18(13-30-22)31-24(36)23-20-10-16(1-3-21(20)32-33-23)17-9-15(11-29-12-17)14-34-7-5-19(35)6-8-34/h1-4,9-13,19,35H,5-8,14H2,(H,31,36)(H,32,33). The lowest BCUT2D eigenvalue weighted by Gasteiger charge is -2.29. The first-order chi connectivity index (χ1) is 17.3. The molecule has 0 atom stereocenters. The van der Waals surface area contributed by atoms with Gasteiger partial charge in [0, 0.05) is 43.0 Å². The fourth-order valence-corrected chi connectivity index (χ4v) is 4.26. The van der Waals surface area contributed by atoms with Crippen molar-refractivity contribution in [3.8, 4) is 11.1 Å². The zero-order valence-corrected chi connectivity index (χ0v) is 19.1. The smallest absolute Gasteiger partial charge is 0.393 e. The molecule has 0 radical (unpaired) electrons. The van der Waals surface area contributed by atoms with E-state index in [9.17, 15) is 23.1 Å². The number of benzene rings is 1. The van der Waals surface area contributed by atoms with E-state index in [0.717, 1.165) is 67.5 Å². The summed E-state index contributed by atoms with van der Waals surface area (Å²) in [4.78, 5) is 22.9. The van der Waals surface area contributed by atoms with Crippen LogP contribution < -0.4 is 5.32 Å². The normalized spacial score (nSPS) is 15.3. The molecule has 1 aliphatic rings. The summed E-state index contributed by atoms with van der Waals surface area (Å²) in [6.07, 6.45) is 1.27. The largest absolute Gasteiger partial charge is 0.433 e. The van der Waals surface area contributed by atoms with Gasteiger partial charge >= 0.3 is 6.18 Å². The van der Waals surface area contributed by atoms with Crippen molar-refractivity contribution < 1.29 is 23.1 Å². The summed E-state index contributed by atoms with van der Waals surface area (Å²) in [5.41, 5.74) is 2.62. The highest BCUT2D eigenvalue weighted by atomic mass is 19.4. The zero-order valence-electron chi connectivity index (χ0n) is 19.1. The zero-order chi connectivity index (χ0) is 25.3. The van der Waals surface area contributed by atoms with Gasteiger partial charge in [-0.15, -0.1) is 0 Å². The molecule has 0 saturated carbocycles. The molecule has 3 N–H and O–H groups in total. The number of H-pyrrole nitrogens is 1. The van der Waals surface area contributed by atoms with Crippen LogP contribution in [0.5, 0.6) is 0 Å². The predicted molar refractivity (Wildman–Crippen MR) is 127 cm³/mol. The molecule has 1 amide bonds. The summed E-state index contributed by atoms with van der Waals surface area (Å²) in [5, 5.41) is 19.8. The Hall–Kier alpha value is -3.83. The number of aliphatic hydroxyl groups excluding tert-OH is 1. The minimum atomic E-state index is -4.56.